The number of carbonyl (C=O) groups excluding carboxylic acids is 2. The van der Waals surface area contributed by atoms with Crippen LogP contribution in [0.25, 0.3) is 0 Å². The van der Waals surface area contributed by atoms with Crippen molar-refractivity contribution in [1.82, 2.24) is 0 Å². The van der Waals surface area contributed by atoms with Gasteiger partial charge in [0, 0.05) is 0 Å². The van der Waals surface area contributed by atoms with Crippen molar-refractivity contribution in [3.8, 4) is 0 Å². The van der Waals surface area contributed by atoms with Crippen molar-refractivity contribution in [3.05, 3.63) is 23.8 Å². The van der Waals surface area contributed by atoms with E-state index in [4.69, 9.17) is 0 Å². The second-order valence-electron chi connectivity index (χ2n) is 3.42. The normalized spacial score (nSPS) is 41.7. The molecule has 1 saturated heterocycles. The van der Waals surface area contributed by atoms with Crippen LogP contribution in [0.3, 0.4) is 0 Å². The fraction of sp³-hybridized carbons (Fsp3) is 0.333. The van der Waals surface area contributed by atoms with E-state index in [1.165, 1.54) is 0 Å². The molecular weight excluding hydrogens is 156 g/mol. The van der Waals surface area contributed by atoms with Crippen LogP contribution in [0.15, 0.2) is 23.8 Å². The summed E-state index contributed by atoms with van der Waals surface area (Å²) in [4.78, 5) is 22.4. The number of hydrogen-bond acceptors (Lipinski definition) is 3. The molecule has 0 bridgehead atoms. The Hall–Kier alpha value is -1.38. The zero-order chi connectivity index (χ0) is 8.34. The van der Waals surface area contributed by atoms with E-state index in [0.717, 1.165) is 6.42 Å². The van der Waals surface area contributed by atoms with Crippen LogP contribution in [-0.4, -0.2) is 11.9 Å². The third-order valence-electron chi connectivity index (χ3n) is 2.87. The number of hydrogen-bond donors (Lipinski definition) is 0. The molecule has 1 heterocycles. The third-order valence-corrected chi connectivity index (χ3v) is 2.87. The molecule has 3 heteroatoms. The van der Waals surface area contributed by atoms with Crippen LogP contribution in [0, 0.1) is 11.3 Å². The van der Waals surface area contributed by atoms with Crippen molar-refractivity contribution in [3.63, 3.8) is 0 Å². The molecule has 0 N–H and O–H groups in total. The fourth-order valence-corrected chi connectivity index (χ4v) is 2.09. The third kappa shape index (κ3) is 0.443. The van der Waals surface area contributed by atoms with Crippen LogP contribution in [-0.2, 0) is 14.3 Å². The maximum Gasteiger partial charge on any atom is 0.342 e. The SMILES string of the molecule is O=C1OC(=O)C23CC2C=CC=C13. The summed E-state index contributed by atoms with van der Waals surface area (Å²) in [6.07, 6.45) is 6.23. The van der Waals surface area contributed by atoms with Gasteiger partial charge < -0.3 is 4.74 Å². The average Bonchev–Trinajstić information content (AvgIpc) is 2.72. The van der Waals surface area contributed by atoms with E-state index >= 15 is 0 Å². The summed E-state index contributed by atoms with van der Waals surface area (Å²) in [6.45, 7) is 0. The van der Waals surface area contributed by atoms with Crippen LogP contribution < -0.4 is 0 Å². The molecule has 1 aliphatic heterocycles. The van der Waals surface area contributed by atoms with E-state index in [0.29, 0.717) is 5.57 Å². The minimum Gasteiger partial charge on any atom is -0.389 e. The van der Waals surface area contributed by atoms with Crippen molar-refractivity contribution in [1.29, 1.82) is 0 Å². The van der Waals surface area contributed by atoms with Gasteiger partial charge in [-0.3, -0.25) is 4.79 Å². The molecule has 2 unspecified atom stereocenters. The van der Waals surface area contributed by atoms with Gasteiger partial charge in [0.25, 0.3) is 0 Å². The van der Waals surface area contributed by atoms with E-state index in [2.05, 4.69) is 4.74 Å². The van der Waals surface area contributed by atoms with Gasteiger partial charge in [-0.15, -0.1) is 0 Å². The van der Waals surface area contributed by atoms with Crippen molar-refractivity contribution >= 4 is 11.9 Å². The predicted molar refractivity (Wildman–Crippen MR) is 38.9 cm³/mol. The fourth-order valence-electron chi connectivity index (χ4n) is 2.09. The number of ether oxygens (including phenoxy) is 1. The Morgan fingerprint density at radius 1 is 1.50 bits per heavy atom. The van der Waals surface area contributed by atoms with Crippen molar-refractivity contribution in [2.45, 2.75) is 6.42 Å². The molecule has 1 spiro atoms. The van der Waals surface area contributed by atoms with E-state index in [1.807, 2.05) is 12.2 Å². The summed E-state index contributed by atoms with van der Waals surface area (Å²) in [7, 11) is 0. The lowest BCUT2D eigenvalue weighted by molar-refractivity contribution is -0.153. The standard InChI is InChI=1S/C9H6O3/c10-7-6-3-1-2-5-4-9(5,6)8(11)12-7/h1-3,5H,4H2. The molecule has 0 radical (unpaired) electrons. The minimum absolute atomic E-state index is 0.219. The zero-order valence-electron chi connectivity index (χ0n) is 6.24. The van der Waals surface area contributed by atoms with Gasteiger partial charge in [-0.05, 0) is 12.3 Å². The summed E-state index contributed by atoms with van der Waals surface area (Å²) < 4.78 is 4.57. The van der Waals surface area contributed by atoms with Crippen molar-refractivity contribution < 1.29 is 14.3 Å². The van der Waals surface area contributed by atoms with Gasteiger partial charge in [0.15, 0.2) is 0 Å². The summed E-state index contributed by atoms with van der Waals surface area (Å²) >= 11 is 0. The summed E-state index contributed by atoms with van der Waals surface area (Å²) in [6, 6.07) is 0. The molecule has 3 nitrogen and oxygen atoms in total. The van der Waals surface area contributed by atoms with Crippen LogP contribution in [0.4, 0.5) is 0 Å². The highest BCUT2D eigenvalue weighted by molar-refractivity contribution is 6.12. The topological polar surface area (TPSA) is 43.4 Å². The number of allylic oxidation sites excluding steroid dienone is 3. The molecule has 0 aromatic heterocycles. The Labute approximate surface area is 68.7 Å². The van der Waals surface area contributed by atoms with Crippen LogP contribution in [0.5, 0.6) is 0 Å². The maximum absolute atomic E-state index is 11.3. The lowest BCUT2D eigenvalue weighted by atomic mass is 9.92. The molecule has 12 heavy (non-hydrogen) atoms. The second-order valence-corrected chi connectivity index (χ2v) is 3.42. The first-order valence-corrected chi connectivity index (χ1v) is 3.91. The van der Waals surface area contributed by atoms with E-state index in [-0.39, 0.29) is 11.9 Å². The molecule has 3 aliphatic rings. The van der Waals surface area contributed by atoms with Gasteiger partial charge in [-0.1, -0.05) is 18.2 Å². The van der Waals surface area contributed by atoms with Gasteiger partial charge in [-0.2, -0.15) is 0 Å². The first-order chi connectivity index (χ1) is 5.75. The molecule has 0 aromatic carbocycles. The molecule has 2 aliphatic carbocycles. The first kappa shape index (κ1) is 6.17. The highest BCUT2D eigenvalue weighted by Crippen LogP contribution is 2.63. The number of esters is 2. The molecule has 2 fully saturated rings. The Balaban J connectivity index is 2.22. The quantitative estimate of drug-likeness (QED) is 0.386. The lowest BCUT2D eigenvalue weighted by Crippen LogP contribution is -2.13. The van der Waals surface area contributed by atoms with Gasteiger partial charge in [0.2, 0.25) is 0 Å². The monoisotopic (exact) mass is 162 g/mol. The molecule has 1 saturated carbocycles. The van der Waals surface area contributed by atoms with Gasteiger partial charge in [0.1, 0.15) is 5.41 Å². The van der Waals surface area contributed by atoms with Gasteiger partial charge in [-0.25, -0.2) is 4.79 Å². The van der Waals surface area contributed by atoms with E-state index in [1.54, 1.807) is 6.08 Å². The number of rotatable bonds is 0. The van der Waals surface area contributed by atoms with Gasteiger partial charge in [0.05, 0.1) is 5.57 Å². The first-order valence-electron chi connectivity index (χ1n) is 3.91. The molecule has 0 amide bonds. The largest absolute Gasteiger partial charge is 0.389 e. The summed E-state index contributed by atoms with van der Waals surface area (Å²) in [5, 5.41) is 0. The highest BCUT2D eigenvalue weighted by Gasteiger charge is 2.69. The molecule has 2 atom stereocenters. The zero-order valence-corrected chi connectivity index (χ0v) is 6.24. The Bertz CT molecular complexity index is 364. The maximum atomic E-state index is 11.3. The summed E-state index contributed by atoms with van der Waals surface area (Å²) in [5.74, 6) is -0.587. The smallest absolute Gasteiger partial charge is 0.342 e. The Morgan fingerprint density at radius 2 is 2.33 bits per heavy atom. The molecule has 0 aromatic rings. The van der Waals surface area contributed by atoms with Gasteiger partial charge >= 0.3 is 11.9 Å². The number of carbonyl (C=O) groups is 2. The van der Waals surface area contributed by atoms with E-state index < -0.39 is 11.4 Å². The highest BCUT2D eigenvalue weighted by atomic mass is 16.6. The molecular formula is C9H6O3. The van der Waals surface area contributed by atoms with Crippen LogP contribution in [0.1, 0.15) is 6.42 Å². The average molecular weight is 162 g/mol. The summed E-state index contributed by atoms with van der Waals surface area (Å²) in [5.41, 5.74) is 0.00579. The predicted octanol–water partition coefficient (Wildman–Crippen LogP) is 0.572. The van der Waals surface area contributed by atoms with Crippen molar-refractivity contribution in [2.24, 2.45) is 11.3 Å². The molecule has 60 valence electrons. The lowest BCUT2D eigenvalue weighted by Gasteiger charge is -2.04. The van der Waals surface area contributed by atoms with Crippen LogP contribution in [0.2, 0.25) is 0 Å². The Kier molecular flexibility index (Phi) is 0.786. The Morgan fingerprint density at radius 3 is 3.08 bits per heavy atom. The second kappa shape index (κ2) is 1.53. The van der Waals surface area contributed by atoms with Crippen LogP contribution >= 0.6 is 0 Å². The number of cyclic esters (lactones) is 2. The van der Waals surface area contributed by atoms with E-state index in [9.17, 15) is 9.59 Å². The van der Waals surface area contributed by atoms with Crippen molar-refractivity contribution in [2.75, 3.05) is 0 Å². The minimum atomic E-state index is -0.550. The molecule has 3 rings (SSSR count).